The Hall–Kier alpha value is -1.16. The third-order valence-electron chi connectivity index (χ3n) is 3.22. The Morgan fingerprint density at radius 1 is 1.53 bits per heavy atom. The van der Waals surface area contributed by atoms with Gasteiger partial charge in [-0.3, -0.25) is 4.79 Å². The van der Waals surface area contributed by atoms with Gasteiger partial charge in [0, 0.05) is 4.90 Å². The van der Waals surface area contributed by atoms with Crippen LogP contribution >= 0.6 is 11.8 Å². The minimum Gasteiger partial charge on any atom is -0.507 e. The van der Waals surface area contributed by atoms with Crippen LogP contribution in [0.25, 0.3) is 0 Å². The number of carboxylic acids is 1. The van der Waals surface area contributed by atoms with Crippen LogP contribution in [0.3, 0.4) is 0 Å². The molecule has 1 aromatic rings. The summed E-state index contributed by atoms with van der Waals surface area (Å²) in [7, 11) is 0. The van der Waals surface area contributed by atoms with Crippen LogP contribution in [0.15, 0.2) is 23.1 Å². The molecule has 17 heavy (non-hydrogen) atoms. The summed E-state index contributed by atoms with van der Waals surface area (Å²) in [4.78, 5) is 11.7. The zero-order chi connectivity index (χ0) is 12.4. The first-order valence-electron chi connectivity index (χ1n) is 5.70. The van der Waals surface area contributed by atoms with Gasteiger partial charge in [0.25, 0.3) is 0 Å². The van der Waals surface area contributed by atoms with E-state index in [1.165, 1.54) is 11.8 Å². The van der Waals surface area contributed by atoms with Gasteiger partial charge in [-0.2, -0.15) is 0 Å². The van der Waals surface area contributed by atoms with E-state index < -0.39 is 5.97 Å². The van der Waals surface area contributed by atoms with Gasteiger partial charge in [0.05, 0.1) is 6.42 Å². The number of hydrogen-bond acceptors (Lipinski definition) is 3. The predicted octanol–water partition coefficient (Wildman–Crippen LogP) is 3.08. The maximum absolute atomic E-state index is 10.9. The number of aromatic hydroxyl groups is 1. The van der Waals surface area contributed by atoms with E-state index >= 15 is 0 Å². The van der Waals surface area contributed by atoms with Crippen LogP contribution in [0.2, 0.25) is 0 Å². The number of carbonyl (C=O) groups is 1. The highest BCUT2D eigenvalue weighted by molar-refractivity contribution is 7.98. The van der Waals surface area contributed by atoms with Crippen LogP contribution in [-0.4, -0.2) is 22.4 Å². The number of phenolic OH excluding ortho intramolecular Hbond substituents is 1. The molecule has 1 saturated carbocycles. The van der Waals surface area contributed by atoms with E-state index in [0.29, 0.717) is 5.92 Å². The highest BCUT2D eigenvalue weighted by atomic mass is 32.2. The van der Waals surface area contributed by atoms with Crippen LogP contribution in [0.1, 0.15) is 30.7 Å². The van der Waals surface area contributed by atoms with Crippen molar-refractivity contribution in [2.45, 2.75) is 30.1 Å². The van der Waals surface area contributed by atoms with Crippen LogP contribution in [0, 0.1) is 5.92 Å². The number of aliphatic carboxylic acids is 1. The van der Waals surface area contributed by atoms with Gasteiger partial charge in [-0.1, -0.05) is 6.07 Å². The van der Waals surface area contributed by atoms with Gasteiger partial charge < -0.3 is 10.2 Å². The largest absolute Gasteiger partial charge is 0.507 e. The van der Waals surface area contributed by atoms with Crippen molar-refractivity contribution >= 4 is 17.7 Å². The summed E-state index contributed by atoms with van der Waals surface area (Å²) in [5.41, 5.74) is 0.949. The highest BCUT2D eigenvalue weighted by Gasteiger charge is 2.33. The van der Waals surface area contributed by atoms with E-state index in [2.05, 4.69) is 0 Å². The SMILES string of the molecule is CSc1ccc(C(CC(=O)O)C2CC2)cc1O. The Balaban J connectivity index is 2.23. The number of thioether (sulfide) groups is 1. The standard InChI is InChI=1S/C13H16O3S/c1-17-12-5-4-9(6-11(12)14)10(7-13(15)16)8-2-3-8/h4-6,8,10,14H,2-3,7H2,1H3,(H,15,16). The third-order valence-corrected chi connectivity index (χ3v) is 4.00. The summed E-state index contributed by atoms with van der Waals surface area (Å²) >= 11 is 1.49. The molecule has 2 rings (SSSR count). The smallest absolute Gasteiger partial charge is 0.303 e. The van der Waals surface area contributed by atoms with Crippen molar-refractivity contribution < 1.29 is 15.0 Å². The summed E-state index contributed by atoms with van der Waals surface area (Å²) in [5, 5.41) is 18.7. The summed E-state index contributed by atoms with van der Waals surface area (Å²) < 4.78 is 0. The number of carboxylic acid groups (broad SMARTS) is 1. The summed E-state index contributed by atoms with van der Waals surface area (Å²) in [6, 6.07) is 5.53. The molecule has 0 aliphatic heterocycles. The first-order chi connectivity index (χ1) is 8.11. The summed E-state index contributed by atoms with van der Waals surface area (Å²) in [6.45, 7) is 0. The second-order valence-electron chi connectivity index (χ2n) is 4.47. The zero-order valence-electron chi connectivity index (χ0n) is 9.72. The molecular weight excluding hydrogens is 236 g/mol. The summed E-state index contributed by atoms with van der Waals surface area (Å²) in [5.74, 6) is 0.0151. The van der Waals surface area contributed by atoms with E-state index in [1.807, 2.05) is 18.4 Å². The van der Waals surface area contributed by atoms with Crippen LogP contribution < -0.4 is 0 Å². The summed E-state index contributed by atoms with van der Waals surface area (Å²) in [6.07, 6.45) is 4.26. The first-order valence-corrected chi connectivity index (χ1v) is 6.93. The fraction of sp³-hybridized carbons (Fsp3) is 0.462. The fourth-order valence-corrected chi connectivity index (χ4v) is 2.65. The fourth-order valence-electron chi connectivity index (χ4n) is 2.18. The molecule has 0 amide bonds. The van der Waals surface area contributed by atoms with E-state index in [9.17, 15) is 9.90 Å². The Labute approximate surface area is 105 Å². The molecule has 1 aromatic carbocycles. The molecule has 0 aromatic heterocycles. The lowest BCUT2D eigenvalue weighted by atomic mass is 9.91. The van der Waals surface area contributed by atoms with Crippen molar-refractivity contribution in [2.24, 2.45) is 5.92 Å². The van der Waals surface area contributed by atoms with Crippen molar-refractivity contribution in [3.8, 4) is 5.75 Å². The maximum atomic E-state index is 10.9. The molecule has 1 unspecified atom stereocenters. The molecular formula is C13H16O3S. The van der Waals surface area contributed by atoms with Gasteiger partial charge >= 0.3 is 5.97 Å². The molecule has 0 spiro atoms. The molecule has 4 heteroatoms. The van der Waals surface area contributed by atoms with Gasteiger partial charge in [-0.15, -0.1) is 11.8 Å². The molecule has 1 aliphatic rings. The minimum atomic E-state index is -0.768. The molecule has 0 radical (unpaired) electrons. The molecule has 1 fully saturated rings. The zero-order valence-corrected chi connectivity index (χ0v) is 10.5. The van der Waals surface area contributed by atoms with Crippen molar-refractivity contribution in [1.29, 1.82) is 0 Å². The molecule has 0 saturated heterocycles. The van der Waals surface area contributed by atoms with E-state index in [-0.39, 0.29) is 18.1 Å². The van der Waals surface area contributed by atoms with Gasteiger partial charge in [0.1, 0.15) is 5.75 Å². The van der Waals surface area contributed by atoms with E-state index in [1.54, 1.807) is 6.07 Å². The van der Waals surface area contributed by atoms with Crippen molar-refractivity contribution in [3.63, 3.8) is 0 Å². The lowest BCUT2D eigenvalue weighted by Gasteiger charge is -2.15. The van der Waals surface area contributed by atoms with Crippen LogP contribution in [0.4, 0.5) is 0 Å². The normalized spacial score (nSPS) is 16.8. The maximum Gasteiger partial charge on any atom is 0.303 e. The Bertz CT molecular complexity index is 427. The van der Waals surface area contributed by atoms with Gasteiger partial charge in [-0.05, 0) is 48.6 Å². The van der Waals surface area contributed by atoms with E-state index in [0.717, 1.165) is 23.3 Å². The minimum absolute atomic E-state index is 0.0503. The van der Waals surface area contributed by atoms with Crippen LogP contribution in [0.5, 0.6) is 5.75 Å². The number of benzene rings is 1. The van der Waals surface area contributed by atoms with Crippen molar-refractivity contribution in [2.75, 3.05) is 6.26 Å². The highest BCUT2D eigenvalue weighted by Crippen LogP contribution is 2.45. The van der Waals surface area contributed by atoms with Crippen LogP contribution in [-0.2, 0) is 4.79 Å². The topological polar surface area (TPSA) is 57.5 Å². The molecule has 1 atom stereocenters. The molecule has 1 aliphatic carbocycles. The molecule has 0 bridgehead atoms. The number of phenols is 1. The molecule has 0 heterocycles. The predicted molar refractivity (Wildman–Crippen MR) is 67.6 cm³/mol. The number of hydrogen-bond donors (Lipinski definition) is 2. The average Bonchev–Trinajstić information content (AvgIpc) is 3.09. The third kappa shape index (κ3) is 2.94. The molecule has 2 N–H and O–H groups in total. The molecule has 92 valence electrons. The Morgan fingerprint density at radius 3 is 2.71 bits per heavy atom. The quantitative estimate of drug-likeness (QED) is 0.791. The second-order valence-corrected chi connectivity index (χ2v) is 5.32. The van der Waals surface area contributed by atoms with Gasteiger partial charge in [0.2, 0.25) is 0 Å². The number of rotatable bonds is 5. The second kappa shape index (κ2) is 5.00. The van der Waals surface area contributed by atoms with Crippen molar-refractivity contribution in [3.05, 3.63) is 23.8 Å². The van der Waals surface area contributed by atoms with Gasteiger partial charge in [-0.25, -0.2) is 0 Å². The first kappa shape index (κ1) is 12.3. The van der Waals surface area contributed by atoms with Crippen molar-refractivity contribution in [1.82, 2.24) is 0 Å². The van der Waals surface area contributed by atoms with E-state index in [4.69, 9.17) is 5.11 Å². The average molecular weight is 252 g/mol. The monoisotopic (exact) mass is 252 g/mol. The molecule has 3 nitrogen and oxygen atoms in total. The lowest BCUT2D eigenvalue weighted by Crippen LogP contribution is -2.08. The lowest BCUT2D eigenvalue weighted by molar-refractivity contribution is -0.137. The van der Waals surface area contributed by atoms with Gasteiger partial charge in [0.15, 0.2) is 0 Å². The Kier molecular flexibility index (Phi) is 3.62. The Morgan fingerprint density at radius 2 is 2.24 bits per heavy atom.